The summed E-state index contributed by atoms with van der Waals surface area (Å²) < 4.78 is 7.25. The lowest BCUT2D eigenvalue weighted by Crippen LogP contribution is -2.20. The molecule has 0 amide bonds. The summed E-state index contributed by atoms with van der Waals surface area (Å²) in [4.78, 5) is 0. The average molecular weight is 304 g/mol. The van der Waals surface area contributed by atoms with E-state index in [0.717, 1.165) is 35.1 Å². The van der Waals surface area contributed by atoms with Gasteiger partial charge in [0.1, 0.15) is 5.75 Å². The third-order valence-corrected chi connectivity index (χ3v) is 3.48. The fourth-order valence-electron chi connectivity index (χ4n) is 2.20. The van der Waals surface area contributed by atoms with Crippen molar-refractivity contribution in [3.05, 3.63) is 35.7 Å². The second-order valence-corrected chi connectivity index (χ2v) is 5.05. The predicted octanol–water partition coefficient (Wildman–Crippen LogP) is 3.34. The molecule has 5 nitrogen and oxygen atoms in total. The molecule has 0 spiro atoms. The summed E-state index contributed by atoms with van der Waals surface area (Å²) in [5, 5.41) is 11.3. The molecule has 21 heavy (non-hydrogen) atoms. The molecule has 0 aliphatic rings. The number of aryl methyl sites for hydroxylation is 2. The number of methoxy groups -OCH3 is 1. The van der Waals surface area contributed by atoms with Gasteiger partial charge in [-0.15, -0.1) is 0 Å². The minimum absolute atomic E-state index is 0.515. The van der Waals surface area contributed by atoms with Crippen LogP contribution < -0.4 is 15.4 Å². The van der Waals surface area contributed by atoms with E-state index in [-0.39, 0.29) is 0 Å². The Labute approximate surface area is 130 Å². The van der Waals surface area contributed by atoms with Crippen LogP contribution >= 0.6 is 12.2 Å². The van der Waals surface area contributed by atoms with Crippen LogP contribution in [0.15, 0.2) is 24.3 Å². The Morgan fingerprint density at radius 3 is 2.62 bits per heavy atom. The van der Waals surface area contributed by atoms with Crippen molar-refractivity contribution in [1.29, 1.82) is 0 Å². The topological polar surface area (TPSA) is 51.1 Å². The van der Waals surface area contributed by atoms with Crippen LogP contribution in [0.4, 0.5) is 11.4 Å². The SMILES string of the molecule is CCn1nc(C)c(NC(=S)Nc2ccccc2OC)c1C. The molecule has 0 bridgehead atoms. The van der Waals surface area contributed by atoms with E-state index >= 15 is 0 Å². The smallest absolute Gasteiger partial charge is 0.175 e. The number of para-hydroxylation sites is 2. The number of benzene rings is 1. The summed E-state index contributed by atoms with van der Waals surface area (Å²) >= 11 is 5.38. The molecule has 2 rings (SSSR count). The number of anilines is 2. The maximum absolute atomic E-state index is 5.38. The van der Waals surface area contributed by atoms with Crippen molar-refractivity contribution in [1.82, 2.24) is 9.78 Å². The molecule has 0 aliphatic heterocycles. The van der Waals surface area contributed by atoms with E-state index in [1.165, 1.54) is 0 Å². The molecule has 0 fully saturated rings. The van der Waals surface area contributed by atoms with Crippen LogP contribution in [0.5, 0.6) is 5.75 Å². The Morgan fingerprint density at radius 2 is 2.00 bits per heavy atom. The summed E-state index contributed by atoms with van der Waals surface area (Å²) in [6.07, 6.45) is 0. The van der Waals surface area contributed by atoms with Crippen molar-refractivity contribution in [2.75, 3.05) is 17.7 Å². The molecule has 0 aliphatic carbocycles. The lowest BCUT2D eigenvalue weighted by Gasteiger charge is -2.13. The second kappa shape index (κ2) is 6.58. The van der Waals surface area contributed by atoms with Gasteiger partial charge >= 0.3 is 0 Å². The van der Waals surface area contributed by atoms with Crippen molar-refractivity contribution < 1.29 is 4.74 Å². The molecule has 0 unspecified atom stereocenters. The lowest BCUT2D eigenvalue weighted by atomic mass is 10.3. The standard InChI is InChI=1S/C15H20N4OS/c1-5-19-11(3)14(10(2)18-19)17-15(21)16-12-8-6-7-9-13(12)20-4/h6-9H,5H2,1-4H3,(H2,16,17,21). The van der Waals surface area contributed by atoms with Gasteiger partial charge in [0.25, 0.3) is 0 Å². The summed E-state index contributed by atoms with van der Waals surface area (Å²) in [5.41, 5.74) is 3.78. The number of ether oxygens (including phenoxy) is 1. The van der Waals surface area contributed by atoms with Gasteiger partial charge in [-0.2, -0.15) is 5.10 Å². The molecule has 0 saturated heterocycles. The predicted molar refractivity (Wildman–Crippen MR) is 90.2 cm³/mol. The van der Waals surface area contributed by atoms with Crippen molar-refractivity contribution in [2.45, 2.75) is 27.3 Å². The zero-order chi connectivity index (χ0) is 15.4. The maximum atomic E-state index is 5.38. The zero-order valence-corrected chi connectivity index (χ0v) is 13.5. The van der Waals surface area contributed by atoms with E-state index in [1.807, 2.05) is 42.8 Å². The Bertz CT molecular complexity index is 651. The maximum Gasteiger partial charge on any atom is 0.175 e. The monoisotopic (exact) mass is 304 g/mol. The van der Waals surface area contributed by atoms with Crippen LogP contribution in [0.3, 0.4) is 0 Å². The summed E-state index contributed by atoms with van der Waals surface area (Å²) in [6.45, 7) is 6.89. The van der Waals surface area contributed by atoms with E-state index in [1.54, 1.807) is 7.11 Å². The van der Waals surface area contributed by atoms with E-state index in [0.29, 0.717) is 5.11 Å². The average Bonchev–Trinajstić information content (AvgIpc) is 2.75. The quantitative estimate of drug-likeness (QED) is 0.849. The molecule has 0 saturated carbocycles. The lowest BCUT2D eigenvalue weighted by molar-refractivity contribution is 0.417. The molecule has 0 radical (unpaired) electrons. The first-order valence-electron chi connectivity index (χ1n) is 6.81. The number of thiocarbonyl (C=S) groups is 1. The van der Waals surface area contributed by atoms with Gasteiger partial charge in [0.2, 0.25) is 0 Å². The first kappa shape index (κ1) is 15.3. The molecule has 1 aromatic heterocycles. The molecular weight excluding hydrogens is 284 g/mol. The Kier molecular flexibility index (Phi) is 4.80. The van der Waals surface area contributed by atoms with Crippen molar-refractivity contribution >= 4 is 28.7 Å². The van der Waals surface area contributed by atoms with Gasteiger partial charge in [-0.3, -0.25) is 4.68 Å². The minimum atomic E-state index is 0.515. The van der Waals surface area contributed by atoms with Crippen LogP contribution in [-0.2, 0) is 6.54 Å². The van der Waals surface area contributed by atoms with Crippen LogP contribution in [0.2, 0.25) is 0 Å². The largest absolute Gasteiger partial charge is 0.495 e. The molecule has 1 aromatic carbocycles. The Hall–Kier alpha value is -2.08. The van der Waals surface area contributed by atoms with Gasteiger partial charge in [0.05, 0.1) is 29.9 Å². The molecule has 112 valence electrons. The number of nitrogens with one attached hydrogen (secondary N) is 2. The summed E-state index contributed by atoms with van der Waals surface area (Å²) in [6, 6.07) is 7.65. The zero-order valence-electron chi connectivity index (χ0n) is 12.7. The highest BCUT2D eigenvalue weighted by Crippen LogP contribution is 2.24. The molecule has 0 atom stereocenters. The molecule has 6 heteroatoms. The normalized spacial score (nSPS) is 10.3. The van der Waals surface area contributed by atoms with Crippen LogP contribution in [0.1, 0.15) is 18.3 Å². The fourth-order valence-corrected chi connectivity index (χ4v) is 2.41. The van der Waals surface area contributed by atoms with E-state index < -0.39 is 0 Å². The van der Waals surface area contributed by atoms with Gasteiger partial charge in [-0.25, -0.2) is 0 Å². The first-order valence-corrected chi connectivity index (χ1v) is 7.22. The van der Waals surface area contributed by atoms with Crippen LogP contribution in [0, 0.1) is 13.8 Å². The Balaban J connectivity index is 2.14. The minimum Gasteiger partial charge on any atom is -0.495 e. The highest BCUT2D eigenvalue weighted by molar-refractivity contribution is 7.80. The third-order valence-electron chi connectivity index (χ3n) is 3.27. The van der Waals surface area contributed by atoms with Crippen LogP contribution in [0.25, 0.3) is 0 Å². The van der Waals surface area contributed by atoms with Gasteiger partial charge < -0.3 is 15.4 Å². The number of aromatic nitrogens is 2. The Morgan fingerprint density at radius 1 is 1.29 bits per heavy atom. The third kappa shape index (κ3) is 3.33. The van der Waals surface area contributed by atoms with E-state index in [4.69, 9.17) is 17.0 Å². The van der Waals surface area contributed by atoms with Crippen molar-refractivity contribution in [2.24, 2.45) is 0 Å². The highest BCUT2D eigenvalue weighted by atomic mass is 32.1. The molecule has 2 N–H and O–H groups in total. The van der Waals surface area contributed by atoms with Crippen LogP contribution in [-0.4, -0.2) is 22.0 Å². The summed E-state index contributed by atoms with van der Waals surface area (Å²) in [7, 11) is 1.64. The van der Waals surface area contributed by atoms with Gasteiger partial charge in [0, 0.05) is 6.54 Å². The first-order chi connectivity index (χ1) is 10.1. The highest BCUT2D eigenvalue weighted by Gasteiger charge is 2.12. The van der Waals surface area contributed by atoms with Gasteiger partial charge in [-0.1, -0.05) is 12.1 Å². The number of nitrogens with zero attached hydrogens (tertiary/aromatic N) is 2. The van der Waals surface area contributed by atoms with Gasteiger partial charge in [-0.05, 0) is 45.1 Å². The molecular formula is C15H20N4OS. The number of hydrogen-bond donors (Lipinski definition) is 2. The molecule has 1 heterocycles. The number of hydrogen-bond acceptors (Lipinski definition) is 3. The van der Waals surface area contributed by atoms with E-state index in [9.17, 15) is 0 Å². The summed E-state index contributed by atoms with van der Waals surface area (Å²) in [5.74, 6) is 0.749. The van der Waals surface area contributed by atoms with Crippen molar-refractivity contribution in [3.8, 4) is 5.75 Å². The second-order valence-electron chi connectivity index (χ2n) is 4.64. The molecule has 2 aromatic rings. The van der Waals surface area contributed by atoms with E-state index in [2.05, 4.69) is 22.7 Å². The van der Waals surface area contributed by atoms with Gasteiger partial charge in [0.15, 0.2) is 5.11 Å². The van der Waals surface area contributed by atoms with Crippen molar-refractivity contribution in [3.63, 3.8) is 0 Å². The fraction of sp³-hybridized carbons (Fsp3) is 0.333. The number of rotatable bonds is 4.